The molecule has 0 aromatic carbocycles. The van der Waals surface area contributed by atoms with E-state index in [1.165, 1.54) is 0 Å². The largest absolute Gasteiger partial charge is 0.481 e. The van der Waals surface area contributed by atoms with Gasteiger partial charge in [0.05, 0.1) is 16.1 Å². The lowest BCUT2D eigenvalue weighted by Crippen LogP contribution is -2.44. The molecule has 0 spiro atoms. The van der Waals surface area contributed by atoms with Gasteiger partial charge in [0.2, 0.25) is 0 Å². The van der Waals surface area contributed by atoms with Crippen LogP contribution >= 0.6 is 11.3 Å². The fourth-order valence-electron chi connectivity index (χ4n) is 3.08. The summed E-state index contributed by atoms with van der Waals surface area (Å²) in [5.74, 6) is 0.0275. The van der Waals surface area contributed by atoms with Gasteiger partial charge in [-0.05, 0) is 45.6 Å². The molecule has 0 unspecified atom stereocenters. The first-order valence-electron chi connectivity index (χ1n) is 7.24. The van der Waals surface area contributed by atoms with Gasteiger partial charge in [0.15, 0.2) is 0 Å². The van der Waals surface area contributed by atoms with Crippen molar-refractivity contribution in [1.82, 2.24) is 9.88 Å². The SMILES string of the molecule is Cc1nc(CN(C)CC2(C(=O)O)CCC(C)CC2)cs1. The molecule has 1 aliphatic rings. The zero-order valence-corrected chi connectivity index (χ0v) is 13.4. The zero-order valence-electron chi connectivity index (χ0n) is 12.6. The van der Waals surface area contributed by atoms with Crippen LogP contribution in [0.4, 0.5) is 0 Å². The number of carbonyl (C=O) groups is 1. The number of carboxylic acids is 1. The van der Waals surface area contributed by atoms with Crippen LogP contribution in [0.3, 0.4) is 0 Å². The van der Waals surface area contributed by atoms with E-state index in [4.69, 9.17) is 0 Å². The van der Waals surface area contributed by atoms with Crippen LogP contribution in [-0.4, -0.2) is 34.6 Å². The summed E-state index contributed by atoms with van der Waals surface area (Å²) in [6.45, 7) is 5.56. The molecule has 20 heavy (non-hydrogen) atoms. The molecule has 0 bridgehead atoms. The first-order valence-corrected chi connectivity index (χ1v) is 8.12. The number of carboxylic acid groups (broad SMARTS) is 1. The third-order valence-electron chi connectivity index (χ3n) is 4.36. The fraction of sp³-hybridized carbons (Fsp3) is 0.733. The van der Waals surface area contributed by atoms with Crippen molar-refractivity contribution in [2.45, 2.75) is 46.1 Å². The molecule has 1 aliphatic carbocycles. The molecule has 0 aliphatic heterocycles. The predicted molar refractivity (Wildman–Crippen MR) is 80.9 cm³/mol. The van der Waals surface area contributed by atoms with Gasteiger partial charge < -0.3 is 5.11 Å². The smallest absolute Gasteiger partial charge is 0.310 e. The van der Waals surface area contributed by atoms with Crippen molar-refractivity contribution < 1.29 is 9.90 Å². The molecule has 112 valence electrons. The number of aromatic nitrogens is 1. The lowest BCUT2D eigenvalue weighted by molar-refractivity contribution is -0.153. The standard InChI is InChI=1S/C15H24N2O2S/c1-11-4-6-15(7-5-11,14(18)19)10-17(3)8-13-9-20-12(2)16-13/h9,11H,4-8,10H2,1-3H3,(H,18,19). The lowest BCUT2D eigenvalue weighted by atomic mass is 9.70. The quantitative estimate of drug-likeness (QED) is 0.907. The van der Waals surface area contributed by atoms with Crippen LogP contribution in [0.25, 0.3) is 0 Å². The molecule has 1 heterocycles. The van der Waals surface area contributed by atoms with Crippen molar-refractivity contribution in [3.8, 4) is 0 Å². The highest BCUT2D eigenvalue weighted by molar-refractivity contribution is 7.09. The number of hydrogen-bond donors (Lipinski definition) is 1. The molecule has 1 fully saturated rings. The van der Waals surface area contributed by atoms with E-state index in [0.717, 1.165) is 42.9 Å². The van der Waals surface area contributed by atoms with Gasteiger partial charge in [-0.25, -0.2) is 4.98 Å². The Morgan fingerprint density at radius 1 is 1.55 bits per heavy atom. The maximum Gasteiger partial charge on any atom is 0.310 e. The van der Waals surface area contributed by atoms with E-state index in [1.807, 2.05) is 14.0 Å². The van der Waals surface area contributed by atoms with E-state index in [2.05, 4.69) is 22.2 Å². The average molecular weight is 296 g/mol. The second-order valence-electron chi connectivity index (χ2n) is 6.30. The first-order chi connectivity index (χ1) is 9.41. The summed E-state index contributed by atoms with van der Waals surface area (Å²) in [6.07, 6.45) is 3.64. The Balaban J connectivity index is 1.99. The molecule has 2 rings (SSSR count). The lowest BCUT2D eigenvalue weighted by Gasteiger charge is -2.38. The summed E-state index contributed by atoms with van der Waals surface area (Å²) in [5, 5.41) is 12.8. The molecular weight excluding hydrogens is 272 g/mol. The van der Waals surface area contributed by atoms with Crippen LogP contribution in [0, 0.1) is 18.3 Å². The highest BCUT2D eigenvalue weighted by atomic mass is 32.1. The molecule has 0 radical (unpaired) electrons. The minimum atomic E-state index is -0.634. The van der Waals surface area contributed by atoms with Gasteiger partial charge in [-0.15, -0.1) is 11.3 Å². The summed E-state index contributed by atoms with van der Waals surface area (Å²) in [5.41, 5.74) is 0.478. The summed E-state index contributed by atoms with van der Waals surface area (Å²) >= 11 is 1.64. The van der Waals surface area contributed by atoms with Crippen molar-refractivity contribution in [3.05, 3.63) is 16.1 Å². The van der Waals surface area contributed by atoms with Crippen LogP contribution in [0.5, 0.6) is 0 Å². The molecule has 0 saturated heterocycles. The van der Waals surface area contributed by atoms with Crippen molar-refractivity contribution in [1.29, 1.82) is 0 Å². The second-order valence-corrected chi connectivity index (χ2v) is 7.36. The monoisotopic (exact) mass is 296 g/mol. The fourth-order valence-corrected chi connectivity index (χ4v) is 3.69. The maximum atomic E-state index is 11.7. The highest BCUT2D eigenvalue weighted by Crippen LogP contribution is 2.39. The number of aryl methyl sites for hydroxylation is 1. The maximum absolute atomic E-state index is 11.7. The molecule has 1 aromatic heterocycles. The first kappa shape index (κ1) is 15.4. The average Bonchev–Trinajstić information content (AvgIpc) is 2.77. The van der Waals surface area contributed by atoms with Crippen molar-refractivity contribution >= 4 is 17.3 Å². The minimum absolute atomic E-state index is 0.563. The summed E-state index contributed by atoms with van der Waals surface area (Å²) < 4.78 is 0. The van der Waals surface area contributed by atoms with Crippen LogP contribution in [0.1, 0.15) is 43.3 Å². The molecule has 1 aromatic rings. The van der Waals surface area contributed by atoms with E-state index in [0.29, 0.717) is 12.5 Å². The van der Waals surface area contributed by atoms with Crippen LogP contribution < -0.4 is 0 Å². The minimum Gasteiger partial charge on any atom is -0.481 e. The van der Waals surface area contributed by atoms with Crippen molar-refractivity contribution in [2.24, 2.45) is 11.3 Å². The summed E-state index contributed by atoms with van der Waals surface area (Å²) in [6, 6.07) is 0. The normalized spacial score (nSPS) is 26.9. The van der Waals surface area contributed by atoms with Gasteiger partial charge in [0.1, 0.15) is 0 Å². The molecule has 5 heteroatoms. The molecule has 1 N–H and O–H groups in total. The van der Waals surface area contributed by atoms with Crippen LogP contribution in [-0.2, 0) is 11.3 Å². The molecule has 0 amide bonds. The molecule has 0 atom stereocenters. The second kappa shape index (κ2) is 6.22. The Labute approximate surface area is 124 Å². The van der Waals surface area contributed by atoms with E-state index in [-0.39, 0.29) is 0 Å². The Morgan fingerprint density at radius 2 is 2.20 bits per heavy atom. The van der Waals surface area contributed by atoms with Gasteiger partial charge >= 0.3 is 5.97 Å². The number of rotatable bonds is 5. The highest BCUT2D eigenvalue weighted by Gasteiger charge is 2.41. The Hall–Kier alpha value is -0.940. The van der Waals surface area contributed by atoms with Gasteiger partial charge in [-0.1, -0.05) is 6.92 Å². The number of hydrogen-bond acceptors (Lipinski definition) is 4. The summed E-state index contributed by atoms with van der Waals surface area (Å²) in [7, 11) is 2.00. The molecule has 1 saturated carbocycles. The van der Waals surface area contributed by atoms with Gasteiger partial charge in [-0.2, -0.15) is 0 Å². The zero-order chi connectivity index (χ0) is 14.8. The van der Waals surface area contributed by atoms with Crippen molar-refractivity contribution in [3.63, 3.8) is 0 Å². The van der Waals surface area contributed by atoms with E-state index in [1.54, 1.807) is 11.3 Å². The number of nitrogens with zero attached hydrogens (tertiary/aromatic N) is 2. The van der Waals surface area contributed by atoms with E-state index >= 15 is 0 Å². The van der Waals surface area contributed by atoms with Gasteiger partial charge in [0, 0.05) is 18.5 Å². The van der Waals surface area contributed by atoms with Crippen LogP contribution in [0.15, 0.2) is 5.38 Å². The third kappa shape index (κ3) is 3.58. The predicted octanol–water partition coefficient (Wildman–Crippen LogP) is 3.16. The molecular formula is C15H24N2O2S. The molecule has 4 nitrogen and oxygen atoms in total. The Kier molecular flexibility index (Phi) is 4.81. The van der Waals surface area contributed by atoms with E-state index < -0.39 is 11.4 Å². The van der Waals surface area contributed by atoms with Gasteiger partial charge in [0.25, 0.3) is 0 Å². The third-order valence-corrected chi connectivity index (χ3v) is 5.18. The summed E-state index contributed by atoms with van der Waals surface area (Å²) in [4.78, 5) is 18.3. The van der Waals surface area contributed by atoms with Crippen molar-refractivity contribution in [2.75, 3.05) is 13.6 Å². The Morgan fingerprint density at radius 3 is 2.70 bits per heavy atom. The van der Waals surface area contributed by atoms with Crippen LogP contribution in [0.2, 0.25) is 0 Å². The number of thiazole rings is 1. The number of aliphatic carboxylic acids is 1. The topological polar surface area (TPSA) is 53.4 Å². The van der Waals surface area contributed by atoms with E-state index in [9.17, 15) is 9.90 Å². The van der Waals surface area contributed by atoms with Gasteiger partial charge in [-0.3, -0.25) is 9.69 Å². The Bertz CT molecular complexity index is 464.